The van der Waals surface area contributed by atoms with Gasteiger partial charge in [-0.2, -0.15) is 0 Å². The third-order valence-electron chi connectivity index (χ3n) is 3.58. The van der Waals surface area contributed by atoms with Crippen molar-refractivity contribution in [1.82, 2.24) is 14.9 Å². The molecule has 3 nitrogen and oxygen atoms in total. The van der Waals surface area contributed by atoms with E-state index in [2.05, 4.69) is 29.5 Å². The van der Waals surface area contributed by atoms with Crippen molar-refractivity contribution in [2.75, 3.05) is 6.54 Å². The number of halogens is 1. The fourth-order valence-corrected chi connectivity index (χ4v) is 2.53. The Labute approximate surface area is 123 Å². The van der Waals surface area contributed by atoms with Gasteiger partial charge in [-0.1, -0.05) is 25.1 Å². The lowest BCUT2D eigenvalue weighted by Crippen LogP contribution is -2.11. The molecule has 0 saturated carbocycles. The predicted molar refractivity (Wildman–Crippen MR) is 82.6 cm³/mol. The number of rotatable bonds is 5. The molecule has 2 aromatic heterocycles. The number of nitrogens with zero attached hydrogens (tertiary/aromatic N) is 2. The van der Waals surface area contributed by atoms with E-state index in [0.717, 1.165) is 24.1 Å². The van der Waals surface area contributed by atoms with Crippen LogP contribution in [-0.2, 0) is 13.1 Å². The quantitative estimate of drug-likeness (QED) is 0.778. The van der Waals surface area contributed by atoms with Crippen molar-refractivity contribution in [1.29, 1.82) is 0 Å². The maximum atomic E-state index is 13.8. The highest BCUT2D eigenvalue weighted by molar-refractivity contribution is 5.80. The van der Waals surface area contributed by atoms with Gasteiger partial charge in [0.25, 0.3) is 0 Å². The van der Waals surface area contributed by atoms with Gasteiger partial charge in [0.1, 0.15) is 11.5 Å². The predicted octanol–water partition coefficient (Wildman–Crippen LogP) is 3.33. The first-order valence-electron chi connectivity index (χ1n) is 7.16. The van der Waals surface area contributed by atoms with E-state index in [1.807, 2.05) is 22.8 Å². The van der Waals surface area contributed by atoms with Gasteiger partial charge < -0.3 is 9.88 Å². The Morgan fingerprint density at radius 2 is 2.00 bits per heavy atom. The van der Waals surface area contributed by atoms with E-state index in [0.29, 0.717) is 12.1 Å². The minimum atomic E-state index is -0.177. The van der Waals surface area contributed by atoms with Gasteiger partial charge in [-0.25, -0.2) is 9.37 Å². The number of hydrogen-bond acceptors (Lipinski definition) is 2. The van der Waals surface area contributed by atoms with E-state index in [9.17, 15) is 4.39 Å². The van der Waals surface area contributed by atoms with Crippen molar-refractivity contribution in [3.8, 4) is 0 Å². The van der Waals surface area contributed by atoms with Crippen LogP contribution in [0.3, 0.4) is 0 Å². The van der Waals surface area contributed by atoms with Crippen LogP contribution < -0.4 is 5.32 Å². The summed E-state index contributed by atoms with van der Waals surface area (Å²) in [5, 5.41) is 4.45. The molecule has 0 aliphatic rings. The number of fused-ring (bicyclic) bond motifs is 1. The summed E-state index contributed by atoms with van der Waals surface area (Å²) in [5.41, 5.74) is 2.76. The molecule has 21 heavy (non-hydrogen) atoms. The second-order valence-corrected chi connectivity index (χ2v) is 5.03. The van der Waals surface area contributed by atoms with Gasteiger partial charge in [-0.3, -0.25) is 0 Å². The molecule has 0 unspecified atom stereocenters. The normalized spacial score (nSPS) is 11.1. The second kappa shape index (κ2) is 6.06. The van der Waals surface area contributed by atoms with Crippen molar-refractivity contribution in [3.05, 3.63) is 65.7 Å². The molecule has 0 spiro atoms. The van der Waals surface area contributed by atoms with Gasteiger partial charge in [0.2, 0.25) is 0 Å². The third-order valence-corrected chi connectivity index (χ3v) is 3.58. The summed E-state index contributed by atoms with van der Waals surface area (Å²) < 4.78 is 15.9. The van der Waals surface area contributed by atoms with Gasteiger partial charge in [-0.05, 0) is 30.3 Å². The molecule has 1 aromatic carbocycles. The molecule has 0 bridgehead atoms. The van der Waals surface area contributed by atoms with Crippen LogP contribution in [0.5, 0.6) is 0 Å². The van der Waals surface area contributed by atoms with Gasteiger partial charge in [0.05, 0.1) is 6.54 Å². The van der Waals surface area contributed by atoms with E-state index in [1.54, 1.807) is 12.3 Å². The van der Waals surface area contributed by atoms with Crippen LogP contribution in [0.25, 0.3) is 11.0 Å². The molecule has 0 fully saturated rings. The Bertz CT molecular complexity index is 749. The maximum Gasteiger partial charge on any atom is 0.140 e. The molecule has 1 N–H and O–H groups in total. The SMILES string of the molecule is CCNCc1cn(Cc2ccccc2F)c2ncccc12. The molecule has 108 valence electrons. The summed E-state index contributed by atoms with van der Waals surface area (Å²) in [7, 11) is 0. The summed E-state index contributed by atoms with van der Waals surface area (Å²) in [6.45, 7) is 4.28. The fraction of sp³-hybridized carbons (Fsp3) is 0.235. The smallest absolute Gasteiger partial charge is 0.140 e. The third kappa shape index (κ3) is 2.81. The topological polar surface area (TPSA) is 29.9 Å². The first-order chi connectivity index (χ1) is 10.3. The highest BCUT2D eigenvalue weighted by Crippen LogP contribution is 2.21. The van der Waals surface area contributed by atoms with Crippen LogP contribution in [0.2, 0.25) is 0 Å². The molecular weight excluding hydrogens is 265 g/mol. The van der Waals surface area contributed by atoms with E-state index >= 15 is 0 Å². The molecule has 4 heteroatoms. The lowest BCUT2D eigenvalue weighted by atomic mass is 10.2. The van der Waals surface area contributed by atoms with Gasteiger partial charge in [0, 0.05) is 29.9 Å². The minimum Gasteiger partial charge on any atom is -0.328 e. The van der Waals surface area contributed by atoms with E-state index in [1.165, 1.54) is 11.6 Å². The molecule has 0 atom stereocenters. The standard InChI is InChI=1S/C17H18FN3/c1-2-19-10-14-12-21(17-15(14)7-5-9-20-17)11-13-6-3-4-8-16(13)18/h3-9,12,19H,2,10-11H2,1H3. The van der Waals surface area contributed by atoms with Gasteiger partial charge in [0.15, 0.2) is 0 Å². The van der Waals surface area contributed by atoms with Crippen molar-refractivity contribution < 1.29 is 4.39 Å². The highest BCUT2D eigenvalue weighted by atomic mass is 19.1. The number of pyridine rings is 1. The van der Waals surface area contributed by atoms with Crippen LogP contribution >= 0.6 is 0 Å². The molecule has 0 aliphatic heterocycles. The zero-order chi connectivity index (χ0) is 14.7. The van der Waals surface area contributed by atoms with Crippen molar-refractivity contribution in [2.45, 2.75) is 20.0 Å². The van der Waals surface area contributed by atoms with E-state index in [4.69, 9.17) is 0 Å². The largest absolute Gasteiger partial charge is 0.328 e. The number of nitrogens with one attached hydrogen (secondary N) is 1. The zero-order valence-electron chi connectivity index (χ0n) is 12.0. The number of benzene rings is 1. The Balaban J connectivity index is 2.00. The number of hydrogen-bond donors (Lipinski definition) is 1. The molecule has 0 radical (unpaired) electrons. The first-order valence-corrected chi connectivity index (χ1v) is 7.16. The first kappa shape index (κ1) is 13.8. The highest BCUT2D eigenvalue weighted by Gasteiger charge is 2.10. The van der Waals surface area contributed by atoms with Crippen molar-refractivity contribution >= 4 is 11.0 Å². The summed E-state index contributed by atoms with van der Waals surface area (Å²) in [6.07, 6.45) is 3.84. The Morgan fingerprint density at radius 3 is 2.81 bits per heavy atom. The summed E-state index contributed by atoms with van der Waals surface area (Å²) in [5.74, 6) is -0.177. The van der Waals surface area contributed by atoms with Crippen molar-refractivity contribution in [2.24, 2.45) is 0 Å². The average Bonchev–Trinajstić information content (AvgIpc) is 2.86. The van der Waals surface area contributed by atoms with Gasteiger partial charge >= 0.3 is 0 Å². The molecule has 0 saturated heterocycles. The Kier molecular flexibility index (Phi) is 3.97. The lowest BCUT2D eigenvalue weighted by Gasteiger charge is -2.05. The zero-order valence-corrected chi connectivity index (χ0v) is 12.0. The Hall–Kier alpha value is -2.20. The van der Waals surface area contributed by atoms with Gasteiger partial charge in [-0.15, -0.1) is 0 Å². The monoisotopic (exact) mass is 283 g/mol. The van der Waals surface area contributed by atoms with E-state index in [-0.39, 0.29) is 5.82 Å². The maximum absolute atomic E-state index is 13.8. The molecule has 0 amide bonds. The van der Waals surface area contributed by atoms with Crippen LogP contribution in [0.15, 0.2) is 48.8 Å². The molecule has 2 heterocycles. The van der Waals surface area contributed by atoms with Crippen molar-refractivity contribution in [3.63, 3.8) is 0 Å². The van der Waals surface area contributed by atoms with Crippen LogP contribution in [0.1, 0.15) is 18.1 Å². The number of aromatic nitrogens is 2. The molecule has 3 rings (SSSR count). The lowest BCUT2D eigenvalue weighted by molar-refractivity contribution is 0.601. The summed E-state index contributed by atoms with van der Waals surface area (Å²) >= 11 is 0. The Morgan fingerprint density at radius 1 is 1.14 bits per heavy atom. The minimum absolute atomic E-state index is 0.177. The summed E-state index contributed by atoms with van der Waals surface area (Å²) in [6, 6.07) is 10.9. The van der Waals surface area contributed by atoms with Crippen LogP contribution in [0.4, 0.5) is 4.39 Å². The molecular formula is C17H18FN3. The van der Waals surface area contributed by atoms with E-state index < -0.39 is 0 Å². The van der Waals surface area contributed by atoms with Crippen LogP contribution in [-0.4, -0.2) is 16.1 Å². The summed E-state index contributed by atoms with van der Waals surface area (Å²) in [4.78, 5) is 4.45. The second-order valence-electron chi connectivity index (χ2n) is 5.03. The molecule has 0 aliphatic carbocycles. The average molecular weight is 283 g/mol. The molecule has 3 aromatic rings. The van der Waals surface area contributed by atoms with Crippen LogP contribution in [0, 0.1) is 5.82 Å². The fourth-order valence-electron chi connectivity index (χ4n) is 2.53.